The number of anilines is 1. The first kappa shape index (κ1) is 17.0. The van der Waals surface area contributed by atoms with Gasteiger partial charge in [-0.1, -0.05) is 36.4 Å². The number of halogens is 1. The van der Waals surface area contributed by atoms with Gasteiger partial charge < -0.3 is 15.5 Å². The van der Waals surface area contributed by atoms with Gasteiger partial charge in [0.1, 0.15) is 5.82 Å². The number of rotatable bonds is 4. The summed E-state index contributed by atoms with van der Waals surface area (Å²) < 4.78 is 13.3. The number of carbonyl (C=O) groups excluding carboxylic acids is 2. The molecule has 6 heteroatoms. The first-order chi connectivity index (χ1) is 12.0. The first-order valence-electron chi connectivity index (χ1n) is 8.21. The van der Waals surface area contributed by atoms with Crippen molar-refractivity contribution in [3.05, 3.63) is 66.0 Å². The average Bonchev–Trinajstić information content (AvgIpc) is 2.95. The summed E-state index contributed by atoms with van der Waals surface area (Å²) in [5.41, 5.74) is 1.51. The zero-order valence-corrected chi connectivity index (χ0v) is 13.9. The van der Waals surface area contributed by atoms with E-state index >= 15 is 0 Å². The Kier molecular flexibility index (Phi) is 4.97. The Labute approximate surface area is 145 Å². The number of nitrogens with one attached hydrogen (secondary N) is 2. The van der Waals surface area contributed by atoms with Gasteiger partial charge in [-0.15, -0.1) is 0 Å². The summed E-state index contributed by atoms with van der Waals surface area (Å²) in [4.78, 5) is 25.8. The van der Waals surface area contributed by atoms with Crippen LogP contribution in [-0.2, 0) is 4.79 Å². The van der Waals surface area contributed by atoms with E-state index in [1.54, 1.807) is 12.1 Å². The number of carbonyl (C=O) groups is 2. The highest BCUT2D eigenvalue weighted by atomic mass is 19.1. The lowest BCUT2D eigenvalue weighted by Crippen LogP contribution is -2.44. The number of hydrogen-bond acceptors (Lipinski definition) is 2. The zero-order chi connectivity index (χ0) is 17.8. The fraction of sp³-hybridized carbons (Fsp3) is 0.263. The molecule has 1 saturated heterocycles. The molecule has 130 valence electrons. The van der Waals surface area contributed by atoms with E-state index in [1.807, 2.05) is 37.3 Å². The molecule has 0 saturated carbocycles. The summed E-state index contributed by atoms with van der Waals surface area (Å²) in [6, 6.07) is 14.7. The Bertz CT molecular complexity index is 766. The molecule has 2 atom stereocenters. The van der Waals surface area contributed by atoms with E-state index in [0.717, 1.165) is 5.56 Å². The molecular formula is C19H20FN3O2. The first-order valence-corrected chi connectivity index (χ1v) is 8.21. The molecule has 1 fully saturated rings. The van der Waals surface area contributed by atoms with Crippen LogP contribution in [0.5, 0.6) is 0 Å². The number of benzene rings is 2. The zero-order valence-electron chi connectivity index (χ0n) is 13.9. The number of hydrogen-bond donors (Lipinski definition) is 2. The third-order valence-electron chi connectivity index (χ3n) is 4.23. The molecule has 1 aliphatic heterocycles. The molecule has 2 unspecified atom stereocenters. The second-order valence-electron chi connectivity index (χ2n) is 6.14. The molecule has 0 spiro atoms. The maximum Gasteiger partial charge on any atom is 0.315 e. The van der Waals surface area contributed by atoms with E-state index in [1.165, 1.54) is 17.0 Å². The van der Waals surface area contributed by atoms with Gasteiger partial charge in [-0.05, 0) is 30.7 Å². The summed E-state index contributed by atoms with van der Waals surface area (Å²) in [5.74, 6) is -0.525. The van der Waals surface area contributed by atoms with Crippen LogP contribution in [0.15, 0.2) is 54.6 Å². The van der Waals surface area contributed by atoms with Gasteiger partial charge in [-0.25, -0.2) is 9.18 Å². The fourth-order valence-electron chi connectivity index (χ4n) is 2.95. The summed E-state index contributed by atoms with van der Waals surface area (Å²) in [7, 11) is 0. The second kappa shape index (κ2) is 7.34. The van der Waals surface area contributed by atoms with E-state index in [-0.39, 0.29) is 30.4 Å². The minimum absolute atomic E-state index is 0.132. The van der Waals surface area contributed by atoms with Gasteiger partial charge >= 0.3 is 6.03 Å². The quantitative estimate of drug-likeness (QED) is 0.898. The van der Waals surface area contributed by atoms with Crippen molar-refractivity contribution in [2.75, 3.05) is 11.4 Å². The lowest BCUT2D eigenvalue weighted by Gasteiger charge is -2.19. The molecule has 3 amide bonds. The van der Waals surface area contributed by atoms with Crippen LogP contribution in [0.25, 0.3) is 0 Å². The number of amides is 3. The van der Waals surface area contributed by atoms with Gasteiger partial charge in [-0.3, -0.25) is 4.79 Å². The van der Waals surface area contributed by atoms with Crippen LogP contribution in [0.3, 0.4) is 0 Å². The van der Waals surface area contributed by atoms with Crippen molar-refractivity contribution in [3.63, 3.8) is 0 Å². The van der Waals surface area contributed by atoms with Crippen molar-refractivity contribution in [1.29, 1.82) is 0 Å². The minimum Gasteiger partial charge on any atom is -0.333 e. The molecule has 25 heavy (non-hydrogen) atoms. The van der Waals surface area contributed by atoms with Gasteiger partial charge in [-0.2, -0.15) is 0 Å². The second-order valence-corrected chi connectivity index (χ2v) is 6.14. The predicted octanol–water partition coefficient (Wildman–Crippen LogP) is 2.99. The van der Waals surface area contributed by atoms with Crippen molar-refractivity contribution < 1.29 is 14.0 Å². The smallest absolute Gasteiger partial charge is 0.315 e. The van der Waals surface area contributed by atoms with Crippen molar-refractivity contribution in [1.82, 2.24) is 10.6 Å². The SMILES string of the molecule is CC(NC(=O)NC1CC(=O)N(c2cccc(F)c2)C1)c1ccccc1. The molecule has 3 rings (SSSR count). The molecule has 2 N–H and O–H groups in total. The molecule has 0 radical (unpaired) electrons. The van der Waals surface area contributed by atoms with Crippen LogP contribution in [0.2, 0.25) is 0 Å². The van der Waals surface area contributed by atoms with Crippen LogP contribution in [0, 0.1) is 5.82 Å². The van der Waals surface area contributed by atoms with E-state index in [9.17, 15) is 14.0 Å². The number of nitrogens with zero attached hydrogens (tertiary/aromatic N) is 1. The van der Waals surface area contributed by atoms with E-state index in [0.29, 0.717) is 12.2 Å². The lowest BCUT2D eigenvalue weighted by atomic mass is 10.1. The third kappa shape index (κ3) is 4.15. The molecule has 1 heterocycles. The Morgan fingerprint density at radius 1 is 1.20 bits per heavy atom. The van der Waals surface area contributed by atoms with Crippen LogP contribution < -0.4 is 15.5 Å². The van der Waals surface area contributed by atoms with Crippen LogP contribution in [0.1, 0.15) is 24.9 Å². The van der Waals surface area contributed by atoms with Crippen molar-refractivity contribution in [3.8, 4) is 0 Å². The van der Waals surface area contributed by atoms with Crippen molar-refractivity contribution >= 4 is 17.6 Å². The molecule has 0 bridgehead atoms. The van der Waals surface area contributed by atoms with E-state index < -0.39 is 5.82 Å². The standard InChI is InChI=1S/C19H20FN3O2/c1-13(14-6-3-2-4-7-14)21-19(25)22-16-11-18(24)23(12-16)17-9-5-8-15(20)10-17/h2-10,13,16H,11-12H2,1H3,(H2,21,22,25). The molecule has 2 aromatic carbocycles. The van der Waals surface area contributed by atoms with Crippen molar-refractivity contribution in [2.24, 2.45) is 0 Å². The normalized spacial score (nSPS) is 18.1. The van der Waals surface area contributed by atoms with Crippen LogP contribution >= 0.6 is 0 Å². The minimum atomic E-state index is -0.392. The largest absolute Gasteiger partial charge is 0.333 e. The summed E-state index contributed by atoms with van der Waals surface area (Å²) >= 11 is 0. The highest BCUT2D eigenvalue weighted by molar-refractivity contribution is 5.96. The average molecular weight is 341 g/mol. The van der Waals surface area contributed by atoms with Crippen molar-refractivity contribution in [2.45, 2.75) is 25.4 Å². The Balaban J connectivity index is 1.57. The molecule has 0 aliphatic carbocycles. The topological polar surface area (TPSA) is 61.4 Å². The molecule has 5 nitrogen and oxygen atoms in total. The van der Waals surface area contributed by atoms with Gasteiger partial charge in [0.25, 0.3) is 0 Å². The molecule has 0 aromatic heterocycles. The molecular weight excluding hydrogens is 321 g/mol. The highest BCUT2D eigenvalue weighted by Crippen LogP contribution is 2.22. The van der Waals surface area contributed by atoms with Crippen LogP contribution in [-0.4, -0.2) is 24.5 Å². The van der Waals surface area contributed by atoms with Gasteiger partial charge in [0.05, 0.1) is 12.1 Å². The monoisotopic (exact) mass is 341 g/mol. The Morgan fingerprint density at radius 3 is 2.68 bits per heavy atom. The van der Waals surface area contributed by atoms with Gasteiger partial charge in [0.2, 0.25) is 5.91 Å². The number of urea groups is 1. The summed E-state index contributed by atoms with van der Waals surface area (Å²) in [5, 5.41) is 5.68. The summed E-state index contributed by atoms with van der Waals surface area (Å²) in [6.07, 6.45) is 0.198. The fourth-order valence-corrected chi connectivity index (χ4v) is 2.95. The summed E-state index contributed by atoms with van der Waals surface area (Å²) in [6.45, 7) is 2.23. The van der Waals surface area contributed by atoms with Crippen LogP contribution in [0.4, 0.5) is 14.9 Å². The predicted molar refractivity (Wildman–Crippen MR) is 93.7 cm³/mol. The molecule has 1 aliphatic rings. The van der Waals surface area contributed by atoms with E-state index in [4.69, 9.17) is 0 Å². The van der Waals surface area contributed by atoms with Gasteiger partial charge in [0.15, 0.2) is 0 Å². The maximum atomic E-state index is 13.3. The highest BCUT2D eigenvalue weighted by Gasteiger charge is 2.31. The third-order valence-corrected chi connectivity index (χ3v) is 4.23. The molecule has 2 aromatic rings. The lowest BCUT2D eigenvalue weighted by molar-refractivity contribution is -0.117. The maximum absolute atomic E-state index is 13.3. The van der Waals surface area contributed by atoms with Gasteiger partial charge in [0, 0.05) is 18.7 Å². The Hall–Kier alpha value is -2.89. The van der Waals surface area contributed by atoms with E-state index in [2.05, 4.69) is 10.6 Å². The Morgan fingerprint density at radius 2 is 1.96 bits per heavy atom.